The zero-order chi connectivity index (χ0) is 18.5. The van der Waals surface area contributed by atoms with E-state index in [1.54, 1.807) is 12.4 Å². The summed E-state index contributed by atoms with van der Waals surface area (Å²) in [6.07, 6.45) is 7.14. The maximum atomic E-state index is 12.6. The first-order valence-electron chi connectivity index (χ1n) is 9.30. The Hall–Kier alpha value is -3.21. The van der Waals surface area contributed by atoms with Crippen LogP contribution in [0, 0.1) is 0 Å². The molecule has 0 spiro atoms. The third kappa shape index (κ3) is 4.31. The Labute approximate surface area is 158 Å². The van der Waals surface area contributed by atoms with Gasteiger partial charge in [-0.25, -0.2) is 9.97 Å². The molecule has 5 heteroatoms. The number of nitrogens with one attached hydrogen (secondary N) is 2. The van der Waals surface area contributed by atoms with Crippen LogP contribution in [-0.4, -0.2) is 21.9 Å². The zero-order valence-electron chi connectivity index (χ0n) is 15.1. The molecule has 136 valence electrons. The number of amides is 1. The van der Waals surface area contributed by atoms with Crippen molar-refractivity contribution in [2.24, 2.45) is 0 Å². The largest absolute Gasteiger partial charge is 0.349 e. The molecule has 1 heterocycles. The molecular weight excluding hydrogens is 336 g/mol. The Morgan fingerprint density at radius 3 is 2.41 bits per heavy atom. The number of aryl methyl sites for hydroxylation is 1. The van der Waals surface area contributed by atoms with Gasteiger partial charge in [0, 0.05) is 24.1 Å². The van der Waals surface area contributed by atoms with Crippen molar-refractivity contribution in [3.8, 4) is 0 Å². The molecule has 1 aliphatic carbocycles. The van der Waals surface area contributed by atoms with Crippen LogP contribution in [0.25, 0.3) is 0 Å². The van der Waals surface area contributed by atoms with Gasteiger partial charge in [0.25, 0.3) is 5.91 Å². The van der Waals surface area contributed by atoms with Gasteiger partial charge in [-0.05, 0) is 48.9 Å². The maximum absolute atomic E-state index is 12.6. The number of aromatic nitrogens is 2. The molecule has 0 saturated carbocycles. The molecule has 1 unspecified atom stereocenters. The summed E-state index contributed by atoms with van der Waals surface area (Å²) in [6.45, 7) is 0. The first-order chi connectivity index (χ1) is 13.3. The number of fused-ring (bicyclic) bond motifs is 1. The molecule has 2 N–H and O–H groups in total. The van der Waals surface area contributed by atoms with Crippen LogP contribution in [0.1, 0.15) is 34.3 Å². The van der Waals surface area contributed by atoms with Crippen molar-refractivity contribution in [3.05, 3.63) is 83.7 Å². The summed E-state index contributed by atoms with van der Waals surface area (Å²) in [7, 11) is 0. The summed E-state index contributed by atoms with van der Waals surface area (Å²) in [4.78, 5) is 21.1. The fourth-order valence-electron chi connectivity index (χ4n) is 3.46. The molecule has 0 fully saturated rings. The van der Waals surface area contributed by atoms with Crippen LogP contribution in [0.2, 0.25) is 0 Å². The molecule has 27 heavy (non-hydrogen) atoms. The number of benzene rings is 2. The standard InChI is InChI=1S/C22H22N4O/c27-21(25-20-12-6-9-16-7-4-5-8-17(16)13-20)18-14-23-22(24-15-18)26-19-10-2-1-3-11-19/h1-5,7-8,10-11,14-15,20H,6,9,12-13H2,(H,25,27)(H,23,24,26). The molecule has 1 aromatic heterocycles. The molecule has 4 rings (SSSR count). The zero-order valence-corrected chi connectivity index (χ0v) is 15.1. The predicted molar refractivity (Wildman–Crippen MR) is 106 cm³/mol. The van der Waals surface area contributed by atoms with Gasteiger partial charge in [0.1, 0.15) is 0 Å². The third-order valence-corrected chi connectivity index (χ3v) is 4.86. The average molecular weight is 358 g/mol. The minimum Gasteiger partial charge on any atom is -0.349 e. The number of carbonyl (C=O) groups is 1. The van der Waals surface area contributed by atoms with Crippen LogP contribution in [0.4, 0.5) is 11.6 Å². The Kier molecular flexibility index (Phi) is 5.10. The Morgan fingerprint density at radius 2 is 1.63 bits per heavy atom. The molecule has 1 atom stereocenters. The van der Waals surface area contributed by atoms with Gasteiger partial charge in [0.15, 0.2) is 0 Å². The number of rotatable bonds is 4. The van der Waals surface area contributed by atoms with Crippen molar-refractivity contribution >= 4 is 17.5 Å². The van der Waals surface area contributed by atoms with E-state index in [9.17, 15) is 4.79 Å². The minimum absolute atomic E-state index is 0.120. The first-order valence-corrected chi connectivity index (χ1v) is 9.30. The number of nitrogens with zero attached hydrogens (tertiary/aromatic N) is 2. The van der Waals surface area contributed by atoms with Crippen molar-refractivity contribution in [1.82, 2.24) is 15.3 Å². The summed E-state index contributed by atoms with van der Waals surface area (Å²) in [5.74, 6) is 0.354. The Balaban J connectivity index is 1.39. The fourth-order valence-corrected chi connectivity index (χ4v) is 3.46. The van der Waals surface area contributed by atoms with E-state index in [0.717, 1.165) is 31.4 Å². The molecule has 0 aliphatic heterocycles. The SMILES string of the molecule is O=C(NC1CCCc2ccccc2C1)c1cnc(Nc2ccccc2)nc1. The highest BCUT2D eigenvalue weighted by Crippen LogP contribution is 2.21. The van der Waals surface area contributed by atoms with E-state index in [1.807, 2.05) is 30.3 Å². The molecule has 1 aliphatic rings. The summed E-state index contributed by atoms with van der Waals surface area (Å²) in [5, 5.41) is 6.26. The van der Waals surface area contributed by atoms with E-state index in [2.05, 4.69) is 44.9 Å². The smallest absolute Gasteiger partial charge is 0.254 e. The highest BCUT2D eigenvalue weighted by atomic mass is 16.1. The van der Waals surface area contributed by atoms with E-state index in [4.69, 9.17) is 0 Å². The number of hydrogen-bond donors (Lipinski definition) is 2. The lowest BCUT2D eigenvalue weighted by Crippen LogP contribution is -2.36. The highest BCUT2D eigenvalue weighted by Gasteiger charge is 2.19. The summed E-state index contributed by atoms with van der Waals surface area (Å²) in [6, 6.07) is 18.3. The quantitative estimate of drug-likeness (QED) is 0.694. The second kappa shape index (κ2) is 7.99. The molecule has 0 radical (unpaired) electrons. The second-order valence-corrected chi connectivity index (χ2v) is 6.82. The van der Waals surface area contributed by atoms with Gasteiger partial charge in [-0.1, -0.05) is 42.5 Å². The lowest BCUT2D eigenvalue weighted by molar-refractivity contribution is 0.0934. The van der Waals surface area contributed by atoms with Crippen molar-refractivity contribution in [2.45, 2.75) is 31.7 Å². The van der Waals surface area contributed by atoms with Gasteiger partial charge in [0.2, 0.25) is 5.95 Å². The van der Waals surface area contributed by atoms with Crippen LogP contribution in [0.3, 0.4) is 0 Å². The van der Waals surface area contributed by atoms with Gasteiger partial charge in [-0.15, -0.1) is 0 Å². The highest BCUT2D eigenvalue weighted by molar-refractivity contribution is 5.93. The van der Waals surface area contributed by atoms with Crippen LogP contribution in [0.5, 0.6) is 0 Å². The molecule has 3 aromatic rings. The van der Waals surface area contributed by atoms with Gasteiger partial charge in [0.05, 0.1) is 5.56 Å². The van der Waals surface area contributed by atoms with Gasteiger partial charge in [-0.2, -0.15) is 0 Å². The Morgan fingerprint density at radius 1 is 0.926 bits per heavy atom. The van der Waals surface area contributed by atoms with Crippen molar-refractivity contribution in [1.29, 1.82) is 0 Å². The fraction of sp³-hybridized carbons (Fsp3) is 0.227. The van der Waals surface area contributed by atoms with Crippen LogP contribution >= 0.6 is 0 Å². The molecule has 0 saturated heterocycles. The third-order valence-electron chi connectivity index (χ3n) is 4.86. The first kappa shape index (κ1) is 17.2. The molecule has 1 amide bonds. The normalized spacial score (nSPS) is 16.1. The van der Waals surface area contributed by atoms with Gasteiger partial charge in [-0.3, -0.25) is 4.79 Å². The van der Waals surface area contributed by atoms with E-state index in [0.29, 0.717) is 11.5 Å². The molecule has 5 nitrogen and oxygen atoms in total. The summed E-state index contributed by atoms with van der Waals surface area (Å²) >= 11 is 0. The van der Waals surface area contributed by atoms with Crippen molar-refractivity contribution in [2.75, 3.05) is 5.32 Å². The number of para-hydroxylation sites is 1. The van der Waals surface area contributed by atoms with Gasteiger partial charge < -0.3 is 10.6 Å². The van der Waals surface area contributed by atoms with Crippen LogP contribution in [0.15, 0.2) is 67.0 Å². The maximum Gasteiger partial charge on any atom is 0.254 e. The van der Waals surface area contributed by atoms with Crippen LogP contribution in [-0.2, 0) is 12.8 Å². The van der Waals surface area contributed by atoms with Crippen LogP contribution < -0.4 is 10.6 Å². The second-order valence-electron chi connectivity index (χ2n) is 6.82. The van der Waals surface area contributed by atoms with Crippen molar-refractivity contribution in [3.63, 3.8) is 0 Å². The lowest BCUT2D eigenvalue weighted by Gasteiger charge is -2.17. The minimum atomic E-state index is -0.120. The molecular formula is C22H22N4O. The van der Waals surface area contributed by atoms with E-state index >= 15 is 0 Å². The van der Waals surface area contributed by atoms with E-state index < -0.39 is 0 Å². The van der Waals surface area contributed by atoms with Crippen molar-refractivity contribution < 1.29 is 4.79 Å². The van der Waals surface area contributed by atoms with E-state index in [1.165, 1.54) is 11.1 Å². The molecule has 2 aromatic carbocycles. The number of hydrogen-bond acceptors (Lipinski definition) is 4. The monoisotopic (exact) mass is 358 g/mol. The molecule has 0 bridgehead atoms. The topological polar surface area (TPSA) is 66.9 Å². The predicted octanol–water partition coefficient (Wildman–Crippen LogP) is 3.90. The Bertz CT molecular complexity index is 909. The number of anilines is 2. The summed E-state index contributed by atoms with van der Waals surface area (Å²) < 4.78 is 0. The average Bonchev–Trinajstić information content (AvgIpc) is 2.91. The summed E-state index contributed by atoms with van der Waals surface area (Å²) in [5.41, 5.74) is 4.12. The lowest BCUT2D eigenvalue weighted by atomic mass is 10.0. The van der Waals surface area contributed by atoms with E-state index in [-0.39, 0.29) is 11.9 Å². The van der Waals surface area contributed by atoms with Gasteiger partial charge >= 0.3 is 0 Å². The number of carbonyl (C=O) groups excluding carboxylic acids is 1.